The van der Waals surface area contributed by atoms with Crippen LogP contribution in [0.1, 0.15) is 26.7 Å². The van der Waals surface area contributed by atoms with E-state index in [9.17, 15) is 0 Å². The zero-order chi connectivity index (χ0) is 11.1. The molecule has 0 radical (unpaired) electrons. The SMILES string of the molecule is CNCCNCC(C)(C)C1CCOCC1. The van der Waals surface area contributed by atoms with Crippen molar-refractivity contribution in [3.05, 3.63) is 0 Å². The lowest BCUT2D eigenvalue weighted by molar-refractivity contribution is 0.0229. The van der Waals surface area contributed by atoms with Gasteiger partial charge in [0.25, 0.3) is 0 Å². The first kappa shape index (κ1) is 12.9. The Labute approximate surface area is 94.0 Å². The second-order valence-corrected chi connectivity index (χ2v) is 5.16. The van der Waals surface area contributed by atoms with Crippen LogP contribution in [-0.2, 0) is 4.74 Å². The van der Waals surface area contributed by atoms with Gasteiger partial charge in [0.05, 0.1) is 0 Å². The second-order valence-electron chi connectivity index (χ2n) is 5.16. The summed E-state index contributed by atoms with van der Waals surface area (Å²) in [6.45, 7) is 9.85. The Morgan fingerprint density at radius 3 is 2.47 bits per heavy atom. The van der Waals surface area contributed by atoms with Gasteiger partial charge in [-0.2, -0.15) is 0 Å². The summed E-state index contributed by atoms with van der Waals surface area (Å²) in [6.07, 6.45) is 2.45. The van der Waals surface area contributed by atoms with Gasteiger partial charge in [0.15, 0.2) is 0 Å². The van der Waals surface area contributed by atoms with Gasteiger partial charge in [0.2, 0.25) is 0 Å². The Balaban J connectivity index is 2.23. The van der Waals surface area contributed by atoms with Gasteiger partial charge in [-0.3, -0.25) is 0 Å². The van der Waals surface area contributed by atoms with Gasteiger partial charge < -0.3 is 15.4 Å². The van der Waals surface area contributed by atoms with Crippen LogP contribution >= 0.6 is 0 Å². The smallest absolute Gasteiger partial charge is 0.0468 e. The van der Waals surface area contributed by atoms with Gasteiger partial charge in [0.1, 0.15) is 0 Å². The van der Waals surface area contributed by atoms with Crippen LogP contribution in [0, 0.1) is 11.3 Å². The van der Waals surface area contributed by atoms with Gasteiger partial charge in [-0.05, 0) is 31.2 Å². The summed E-state index contributed by atoms with van der Waals surface area (Å²) in [4.78, 5) is 0. The molecule has 0 bridgehead atoms. The highest BCUT2D eigenvalue weighted by molar-refractivity contribution is 4.82. The zero-order valence-corrected chi connectivity index (χ0v) is 10.4. The minimum absolute atomic E-state index is 0.400. The summed E-state index contributed by atoms with van der Waals surface area (Å²) in [5.74, 6) is 0.813. The van der Waals surface area contributed by atoms with Crippen LogP contribution < -0.4 is 10.6 Å². The first-order valence-corrected chi connectivity index (χ1v) is 6.10. The van der Waals surface area contributed by atoms with Gasteiger partial charge in [-0.25, -0.2) is 0 Å². The van der Waals surface area contributed by atoms with Crippen molar-refractivity contribution < 1.29 is 4.74 Å². The van der Waals surface area contributed by atoms with Crippen molar-refractivity contribution in [1.29, 1.82) is 0 Å². The van der Waals surface area contributed by atoms with E-state index in [1.807, 2.05) is 7.05 Å². The largest absolute Gasteiger partial charge is 0.381 e. The van der Waals surface area contributed by atoms with Crippen molar-refractivity contribution in [2.24, 2.45) is 11.3 Å². The summed E-state index contributed by atoms with van der Waals surface area (Å²) < 4.78 is 5.41. The van der Waals surface area contributed by atoms with Crippen molar-refractivity contribution in [3.63, 3.8) is 0 Å². The molecule has 0 aliphatic carbocycles. The van der Waals surface area contributed by atoms with Crippen molar-refractivity contribution in [1.82, 2.24) is 10.6 Å². The van der Waals surface area contributed by atoms with Crippen LogP contribution in [0.4, 0.5) is 0 Å². The summed E-state index contributed by atoms with van der Waals surface area (Å²) in [5.41, 5.74) is 0.400. The fraction of sp³-hybridized carbons (Fsp3) is 1.00. The third-order valence-corrected chi connectivity index (χ3v) is 3.46. The molecule has 2 N–H and O–H groups in total. The normalized spacial score (nSPS) is 19.4. The number of rotatable bonds is 6. The van der Waals surface area contributed by atoms with Crippen LogP contribution in [0.25, 0.3) is 0 Å². The minimum atomic E-state index is 0.400. The molecule has 1 rings (SSSR count). The Morgan fingerprint density at radius 1 is 1.20 bits per heavy atom. The van der Waals surface area contributed by atoms with Crippen LogP contribution in [0.2, 0.25) is 0 Å². The molecule has 3 heteroatoms. The standard InChI is InChI=1S/C12H26N2O/c1-12(2,10-14-7-6-13-3)11-4-8-15-9-5-11/h11,13-14H,4-10H2,1-3H3. The molecule has 1 aliphatic rings. The molecule has 0 aromatic carbocycles. The Hall–Kier alpha value is -0.120. The molecule has 1 saturated heterocycles. The molecule has 0 amide bonds. The summed E-state index contributed by atoms with van der Waals surface area (Å²) in [7, 11) is 1.99. The Morgan fingerprint density at radius 2 is 1.87 bits per heavy atom. The molecule has 0 aromatic heterocycles. The predicted molar refractivity (Wildman–Crippen MR) is 64.1 cm³/mol. The van der Waals surface area contributed by atoms with Crippen LogP contribution in [0.15, 0.2) is 0 Å². The first-order chi connectivity index (χ1) is 7.17. The minimum Gasteiger partial charge on any atom is -0.381 e. The van der Waals surface area contributed by atoms with E-state index < -0.39 is 0 Å². The molecule has 0 aromatic rings. The maximum absolute atomic E-state index is 5.41. The van der Waals surface area contributed by atoms with Crippen molar-refractivity contribution in [2.45, 2.75) is 26.7 Å². The molecule has 1 heterocycles. The average molecular weight is 214 g/mol. The Kier molecular flexibility index (Phi) is 5.58. The van der Waals surface area contributed by atoms with Crippen molar-refractivity contribution in [2.75, 3.05) is 39.9 Å². The molecule has 15 heavy (non-hydrogen) atoms. The molecule has 1 aliphatic heterocycles. The van der Waals surface area contributed by atoms with E-state index >= 15 is 0 Å². The molecule has 0 spiro atoms. The van der Waals surface area contributed by atoms with E-state index in [-0.39, 0.29) is 0 Å². The first-order valence-electron chi connectivity index (χ1n) is 6.10. The van der Waals surface area contributed by atoms with Crippen LogP contribution in [0.3, 0.4) is 0 Å². The lowest BCUT2D eigenvalue weighted by atomic mass is 9.74. The van der Waals surface area contributed by atoms with E-state index in [1.165, 1.54) is 12.8 Å². The molecule has 3 nitrogen and oxygen atoms in total. The highest BCUT2D eigenvalue weighted by atomic mass is 16.5. The van der Waals surface area contributed by atoms with E-state index in [0.717, 1.165) is 38.8 Å². The van der Waals surface area contributed by atoms with E-state index in [4.69, 9.17) is 4.74 Å². The van der Waals surface area contributed by atoms with Gasteiger partial charge in [-0.15, -0.1) is 0 Å². The van der Waals surface area contributed by atoms with Gasteiger partial charge in [0, 0.05) is 32.8 Å². The zero-order valence-electron chi connectivity index (χ0n) is 10.4. The summed E-state index contributed by atoms with van der Waals surface area (Å²) >= 11 is 0. The van der Waals surface area contributed by atoms with Crippen molar-refractivity contribution >= 4 is 0 Å². The van der Waals surface area contributed by atoms with Crippen LogP contribution in [-0.4, -0.2) is 39.9 Å². The Bertz CT molecular complexity index is 165. The van der Waals surface area contributed by atoms with Gasteiger partial charge >= 0.3 is 0 Å². The second kappa shape index (κ2) is 6.46. The van der Waals surface area contributed by atoms with E-state index in [1.54, 1.807) is 0 Å². The maximum Gasteiger partial charge on any atom is 0.0468 e. The fourth-order valence-corrected chi connectivity index (χ4v) is 2.25. The molecule has 1 fully saturated rings. The maximum atomic E-state index is 5.41. The van der Waals surface area contributed by atoms with E-state index in [0.29, 0.717) is 5.41 Å². The number of hydrogen-bond donors (Lipinski definition) is 2. The molecule has 0 saturated carbocycles. The monoisotopic (exact) mass is 214 g/mol. The average Bonchev–Trinajstić information content (AvgIpc) is 2.26. The summed E-state index contributed by atoms with van der Waals surface area (Å²) in [5, 5.41) is 6.67. The molecule has 0 atom stereocenters. The van der Waals surface area contributed by atoms with Gasteiger partial charge in [-0.1, -0.05) is 13.8 Å². The van der Waals surface area contributed by atoms with Crippen molar-refractivity contribution in [3.8, 4) is 0 Å². The topological polar surface area (TPSA) is 33.3 Å². The quantitative estimate of drug-likeness (QED) is 0.653. The fourth-order valence-electron chi connectivity index (χ4n) is 2.25. The summed E-state index contributed by atoms with van der Waals surface area (Å²) in [6, 6.07) is 0. The number of hydrogen-bond acceptors (Lipinski definition) is 3. The number of likely N-dealkylation sites (N-methyl/N-ethyl adjacent to an activating group) is 1. The van der Waals surface area contributed by atoms with Crippen LogP contribution in [0.5, 0.6) is 0 Å². The number of nitrogens with one attached hydrogen (secondary N) is 2. The van der Waals surface area contributed by atoms with E-state index in [2.05, 4.69) is 24.5 Å². The third kappa shape index (κ3) is 4.49. The highest BCUT2D eigenvalue weighted by Crippen LogP contribution is 2.33. The third-order valence-electron chi connectivity index (χ3n) is 3.46. The molecule has 90 valence electrons. The molecule has 0 unspecified atom stereocenters. The lowest BCUT2D eigenvalue weighted by Crippen LogP contribution is -2.40. The lowest BCUT2D eigenvalue weighted by Gasteiger charge is -2.37. The highest BCUT2D eigenvalue weighted by Gasteiger charge is 2.30. The number of ether oxygens (including phenoxy) is 1. The predicted octanol–water partition coefficient (Wildman–Crippen LogP) is 1.25. The molecular formula is C12H26N2O. The molecular weight excluding hydrogens is 188 g/mol.